The SMILES string of the molecule is CCOCCCN1CC(C)(OCC(=O)O)C1. The summed E-state index contributed by atoms with van der Waals surface area (Å²) in [4.78, 5) is 12.6. The summed E-state index contributed by atoms with van der Waals surface area (Å²) in [5.74, 6) is -0.906. The van der Waals surface area contributed by atoms with E-state index in [9.17, 15) is 4.79 Å². The summed E-state index contributed by atoms with van der Waals surface area (Å²) in [7, 11) is 0. The Hall–Kier alpha value is -0.650. The Morgan fingerprint density at radius 2 is 2.19 bits per heavy atom. The minimum atomic E-state index is -0.906. The molecule has 16 heavy (non-hydrogen) atoms. The maximum absolute atomic E-state index is 10.4. The molecule has 0 saturated carbocycles. The van der Waals surface area contributed by atoms with Crippen LogP contribution in [0, 0.1) is 0 Å². The van der Waals surface area contributed by atoms with Crippen molar-refractivity contribution in [1.29, 1.82) is 0 Å². The van der Waals surface area contributed by atoms with Gasteiger partial charge in [-0.3, -0.25) is 4.90 Å². The minimum Gasteiger partial charge on any atom is -0.480 e. The zero-order valence-corrected chi connectivity index (χ0v) is 10.1. The zero-order valence-electron chi connectivity index (χ0n) is 10.1. The van der Waals surface area contributed by atoms with Gasteiger partial charge in [-0.15, -0.1) is 0 Å². The van der Waals surface area contributed by atoms with Gasteiger partial charge >= 0.3 is 5.97 Å². The molecule has 1 aliphatic rings. The van der Waals surface area contributed by atoms with Crippen LogP contribution in [0.15, 0.2) is 0 Å². The molecule has 0 aromatic heterocycles. The topological polar surface area (TPSA) is 59.0 Å². The number of hydrogen-bond donors (Lipinski definition) is 1. The average molecular weight is 231 g/mol. The van der Waals surface area contributed by atoms with E-state index in [0.29, 0.717) is 0 Å². The van der Waals surface area contributed by atoms with Crippen LogP contribution in [-0.4, -0.2) is 61.0 Å². The maximum atomic E-state index is 10.4. The van der Waals surface area contributed by atoms with E-state index in [4.69, 9.17) is 14.6 Å². The van der Waals surface area contributed by atoms with Crippen molar-refractivity contribution in [2.24, 2.45) is 0 Å². The van der Waals surface area contributed by atoms with Gasteiger partial charge in [-0.1, -0.05) is 0 Å². The Kier molecular flexibility index (Phi) is 5.18. The molecular formula is C11H21NO4. The molecule has 0 aromatic rings. The number of likely N-dealkylation sites (tertiary alicyclic amines) is 1. The third kappa shape index (κ3) is 4.47. The fourth-order valence-corrected chi connectivity index (χ4v) is 1.92. The first-order valence-corrected chi connectivity index (χ1v) is 5.71. The van der Waals surface area contributed by atoms with Gasteiger partial charge in [0.25, 0.3) is 0 Å². The van der Waals surface area contributed by atoms with Gasteiger partial charge in [-0.05, 0) is 20.3 Å². The Labute approximate surface area is 96.3 Å². The third-order valence-electron chi connectivity index (χ3n) is 2.63. The van der Waals surface area contributed by atoms with Crippen LogP contribution in [0.25, 0.3) is 0 Å². The van der Waals surface area contributed by atoms with Crippen molar-refractivity contribution < 1.29 is 19.4 Å². The number of aliphatic carboxylic acids is 1. The van der Waals surface area contributed by atoms with E-state index in [1.807, 2.05) is 13.8 Å². The van der Waals surface area contributed by atoms with Crippen LogP contribution in [0.4, 0.5) is 0 Å². The fourth-order valence-electron chi connectivity index (χ4n) is 1.92. The van der Waals surface area contributed by atoms with Crippen molar-refractivity contribution in [2.45, 2.75) is 25.9 Å². The van der Waals surface area contributed by atoms with Crippen LogP contribution < -0.4 is 0 Å². The lowest BCUT2D eigenvalue weighted by atomic mass is 9.96. The molecule has 1 saturated heterocycles. The number of carbonyl (C=O) groups is 1. The molecule has 0 amide bonds. The van der Waals surface area contributed by atoms with E-state index in [0.717, 1.165) is 39.3 Å². The van der Waals surface area contributed by atoms with Gasteiger partial charge in [0.05, 0.1) is 5.60 Å². The molecular weight excluding hydrogens is 210 g/mol. The first kappa shape index (κ1) is 13.4. The highest BCUT2D eigenvalue weighted by Gasteiger charge is 2.39. The summed E-state index contributed by atoms with van der Waals surface area (Å²) in [6, 6.07) is 0. The molecule has 0 radical (unpaired) electrons. The summed E-state index contributed by atoms with van der Waals surface area (Å²) in [6.45, 7) is 7.91. The smallest absolute Gasteiger partial charge is 0.329 e. The summed E-state index contributed by atoms with van der Waals surface area (Å²) in [5.41, 5.74) is -0.274. The molecule has 1 heterocycles. The van der Waals surface area contributed by atoms with E-state index < -0.39 is 5.97 Å². The van der Waals surface area contributed by atoms with Gasteiger partial charge in [0.15, 0.2) is 0 Å². The maximum Gasteiger partial charge on any atom is 0.329 e. The lowest BCUT2D eigenvalue weighted by molar-refractivity contribution is -0.164. The molecule has 1 aliphatic heterocycles. The number of carboxylic acids is 1. The van der Waals surface area contributed by atoms with Gasteiger partial charge in [0.1, 0.15) is 6.61 Å². The highest BCUT2D eigenvalue weighted by molar-refractivity contribution is 5.68. The van der Waals surface area contributed by atoms with E-state index in [2.05, 4.69) is 4.90 Å². The van der Waals surface area contributed by atoms with E-state index in [-0.39, 0.29) is 12.2 Å². The molecule has 0 aromatic carbocycles. The Morgan fingerprint density at radius 3 is 2.75 bits per heavy atom. The Morgan fingerprint density at radius 1 is 1.50 bits per heavy atom. The fraction of sp³-hybridized carbons (Fsp3) is 0.909. The quantitative estimate of drug-likeness (QED) is 0.619. The van der Waals surface area contributed by atoms with Crippen LogP contribution in [0.2, 0.25) is 0 Å². The standard InChI is InChI=1S/C11H21NO4/c1-3-15-6-4-5-12-8-11(2,9-12)16-7-10(13)14/h3-9H2,1-2H3,(H,13,14). The van der Waals surface area contributed by atoms with Crippen molar-refractivity contribution in [3.63, 3.8) is 0 Å². The predicted octanol–water partition coefficient (Wildman–Crippen LogP) is 0.589. The predicted molar refractivity (Wildman–Crippen MR) is 59.5 cm³/mol. The van der Waals surface area contributed by atoms with Gasteiger partial charge in [0.2, 0.25) is 0 Å². The molecule has 5 heteroatoms. The van der Waals surface area contributed by atoms with Gasteiger partial charge in [-0.25, -0.2) is 4.79 Å². The van der Waals surface area contributed by atoms with E-state index in [1.165, 1.54) is 0 Å². The average Bonchev–Trinajstić information content (AvgIpc) is 2.18. The van der Waals surface area contributed by atoms with Crippen LogP contribution in [0.5, 0.6) is 0 Å². The van der Waals surface area contributed by atoms with Crippen LogP contribution in [-0.2, 0) is 14.3 Å². The first-order valence-electron chi connectivity index (χ1n) is 5.71. The summed E-state index contributed by atoms with van der Waals surface area (Å²) < 4.78 is 10.6. The number of ether oxygens (including phenoxy) is 2. The Bertz CT molecular complexity index is 226. The minimum absolute atomic E-state index is 0.205. The van der Waals surface area contributed by atoms with Gasteiger partial charge in [0, 0.05) is 32.8 Å². The van der Waals surface area contributed by atoms with Crippen molar-refractivity contribution >= 4 is 5.97 Å². The highest BCUT2D eigenvalue weighted by atomic mass is 16.5. The van der Waals surface area contributed by atoms with Crippen molar-refractivity contribution in [3.8, 4) is 0 Å². The second-order valence-electron chi connectivity index (χ2n) is 4.39. The molecule has 0 spiro atoms. The largest absolute Gasteiger partial charge is 0.480 e. The second-order valence-corrected chi connectivity index (χ2v) is 4.39. The number of nitrogens with zero attached hydrogens (tertiary/aromatic N) is 1. The van der Waals surface area contributed by atoms with Crippen LogP contribution >= 0.6 is 0 Å². The molecule has 0 atom stereocenters. The molecule has 0 aliphatic carbocycles. The monoisotopic (exact) mass is 231 g/mol. The molecule has 1 rings (SSSR count). The molecule has 0 unspecified atom stereocenters. The van der Waals surface area contributed by atoms with Crippen LogP contribution in [0.3, 0.4) is 0 Å². The summed E-state index contributed by atoms with van der Waals surface area (Å²) in [6.07, 6.45) is 1.02. The van der Waals surface area contributed by atoms with Crippen molar-refractivity contribution in [1.82, 2.24) is 4.90 Å². The van der Waals surface area contributed by atoms with Gasteiger partial charge < -0.3 is 14.6 Å². The first-order chi connectivity index (χ1) is 7.56. The number of hydrogen-bond acceptors (Lipinski definition) is 4. The van der Waals surface area contributed by atoms with E-state index in [1.54, 1.807) is 0 Å². The molecule has 1 fully saturated rings. The Balaban J connectivity index is 2.04. The van der Waals surface area contributed by atoms with Crippen LogP contribution in [0.1, 0.15) is 20.3 Å². The second kappa shape index (κ2) is 6.18. The molecule has 1 N–H and O–H groups in total. The highest BCUT2D eigenvalue weighted by Crippen LogP contribution is 2.24. The number of rotatable bonds is 8. The molecule has 5 nitrogen and oxygen atoms in total. The lowest BCUT2D eigenvalue weighted by Crippen LogP contribution is -2.61. The molecule has 0 bridgehead atoms. The number of carboxylic acid groups (broad SMARTS) is 1. The third-order valence-corrected chi connectivity index (χ3v) is 2.63. The summed E-state index contributed by atoms with van der Waals surface area (Å²) in [5, 5.41) is 8.51. The lowest BCUT2D eigenvalue weighted by Gasteiger charge is -2.47. The van der Waals surface area contributed by atoms with Gasteiger partial charge in [-0.2, -0.15) is 0 Å². The van der Waals surface area contributed by atoms with Crippen molar-refractivity contribution in [3.05, 3.63) is 0 Å². The summed E-state index contributed by atoms with van der Waals surface area (Å²) >= 11 is 0. The van der Waals surface area contributed by atoms with Crippen molar-refractivity contribution in [2.75, 3.05) is 39.5 Å². The zero-order chi connectivity index (χ0) is 12.0. The van der Waals surface area contributed by atoms with E-state index >= 15 is 0 Å². The normalized spacial score (nSPS) is 19.4. The molecule has 94 valence electrons.